The van der Waals surface area contributed by atoms with Crippen LogP contribution >= 0.6 is 0 Å². The van der Waals surface area contributed by atoms with Crippen molar-refractivity contribution in [2.45, 2.75) is 30.1 Å². The van der Waals surface area contributed by atoms with Gasteiger partial charge < -0.3 is 0 Å². The molecule has 0 atom stereocenters. The van der Waals surface area contributed by atoms with Gasteiger partial charge in [0.15, 0.2) is 5.70 Å². The van der Waals surface area contributed by atoms with Crippen molar-refractivity contribution in [1.29, 1.82) is 0 Å². The van der Waals surface area contributed by atoms with Gasteiger partial charge in [-0.25, -0.2) is 4.90 Å². The standard InChI is InChI=1S/C7F13N/c8-2(9)1(3(10,11)12)21-6(17,18)4(13,14)5(15,16)7(21,19)20. The van der Waals surface area contributed by atoms with Crippen LogP contribution in [0.4, 0.5) is 57.1 Å². The molecule has 0 bridgehead atoms. The first-order valence-electron chi connectivity index (χ1n) is 4.38. The highest BCUT2D eigenvalue weighted by Crippen LogP contribution is 2.65. The molecule has 0 radical (unpaired) electrons. The van der Waals surface area contributed by atoms with E-state index in [9.17, 15) is 57.1 Å². The lowest BCUT2D eigenvalue weighted by Gasteiger charge is -2.31. The molecule has 0 N–H and O–H groups in total. The molecule has 1 aliphatic heterocycles. The number of alkyl halides is 11. The Kier molecular flexibility index (Phi) is 3.44. The molecule has 0 spiro atoms. The number of hydrogen-bond acceptors (Lipinski definition) is 1. The number of rotatable bonds is 1. The topological polar surface area (TPSA) is 3.24 Å². The van der Waals surface area contributed by atoms with Gasteiger partial charge in [-0.2, -0.15) is 57.1 Å². The van der Waals surface area contributed by atoms with Gasteiger partial charge in [-0.05, 0) is 0 Å². The highest BCUT2D eigenvalue weighted by atomic mass is 19.4. The third kappa shape index (κ3) is 1.93. The zero-order valence-electron chi connectivity index (χ0n) is 8.86. The molecule has 0 aromatic rings. The second-order valence-electron chi connectivity index (χ2n) is 3.67. The quantitative estimate of drug-likeness (QED) is 0.502. The molecule has 1 fully saturated rings. The Balaban J connectivity index is 3.74. The predicted molar refractivity (Wildman–Crippen MR) is 36.9 cm³/mol. The van der Waals surface area contributed by atoms with E-state index < -0.39 is 46.8 Å². The Hall–Kier alpha value is -1.37. The molecule has 0 saturated carbocycles. The summed E-state index contributed by atoms with van der Waals surface area (Å²) in [6, 6.07) is -13.8. The molecule has 0 unspecified atom stereocenters. The van der Waals surface area contributed by atoms with Crippen molar-refractivity contribution >= 4 is 0 Å². The fourth-order valence-corrected chi connectivity index (χ4v) is 1.43. The highest BCUT2D eigenvalue weighted by Gasteiger charge is 2.94. The lowest BCUT2D eigenvalue weighted by Crippen LogP contribution is -2.52. The maximum absolute atomic E-state index is 12.9. The minimum absolute atomic E-state index is 3.30. The molecule has 1 saturated heterocycles. The van der Waals surface area contributed by atoms with Crippen LogP contribution in [0.5, 0.6) is 0 Å². The highest BCUT2D eigenvalue weighted by molar-refractivity contribution is 5.23. The first-order chi connectivity index (χ1) is 8.94. The first kappa shape index (κ1) is 17.7. The zero-order chi connectivity index (χ0) is 17.2. The van der Waals surface area contributed by atoms with Crippen molar-refractivity contribution in [3.8, 4) is 0 Å². The van der Waals surface area contributed by atoms with Gasteiger partial charge in [-0.3, -0.25) is 0 Å². The third-order valence-corrected chi connectivity index (χ3v) is 2.38. The van der Waals surface area contributed by atoms with Crippen LogP contribution < -0.4 is 0 Å². The Bertz CT molecular complexity index is 441. The zero-order valence-corrected chi connectivity index (χ0v) is 8.86. The molecule has 0 aromatic heterocycles. The lowest BCUT2D eigenvalue weighted by atomic mass is 10.2. The van der Waals surface area contributed by atoms with Gasteiger partial charge in [0.2, 0.25) is 0 Å². The van der Waals surface area contributed by atoms with Gasteiger partial charge in [-0.15, -0.1) is 0 Å². The summed E-state index contributed by atoms with van der Waals surface area (Å²) in [5, 5.41) is 0. The second-order valence-corrected chi connectivity index (χ2v) is 3.67. The van der Waals surface area contributed by atoms with Gasteiger partial charge in [0.05, 0.1) is 0 Å². The smallest absolute Gasteiger partial charge is 0.232 e. The van der Waals surface area contributed by atoms with Crippen molar-refractivity contribution in [1.82, 2.24) is 4.90 Å². The van der Waals surface area contributed by atoms with Crippen LogP contribution in [0.25, 0.3) is 0 Å². The van der Waals surface area contributed by atoms with Crippen LogP contribution in [-0.2, 0) is 0 Å². The molecule has 14 heteroatoms. The summed E-state index contributed by atoms with van der Waals surface area (Å²) in [4.78, 5) is -3.30. The van der Waals surface area contributed by atoms with Crippen LogP contribution in [0.1, 0.15) is 0 Å². The lowest BCUT2D eigenvalue weighted by molar-refractivity contribution is -0.303. The average Bonchev–Trinajstić information content (AvgIpc) is 2.26. The minimum atomic E-state index is -7.03. The Labute approximate surface area is 105 Å². The van der Waals surface area contributed by atoms with Gasteiger partial charge in [-0.1, -0.05) is 0 Å². The molecule has 21 heavy (non-hydrogen) atoms. The maximum atomic E-state index is 12.9. The fraction of sp³-hybridized carbons (Fsp3) is 0.714. The Morgan fingerprint density at radius 1 is 0.667 bits per heavy atom. The van der Waals surface area contributed by atoms with Crippen molar-refractivity contribution in [3.05, 3.63) is 11.8 Å². The van der Waals surface area contributed by atoms with E-state index in [-0.39, 0.29) is 0 Å². The number of likely N-dealkylation sites (tertiary alicyclic amines) is 1. The van der Waals surface area contributed by atoms with Crippen molar-refractivity contribution in [2.24, 2.45) is 0 Å². The molecule has 1 aliphatic rings. The summed E-state index contributed by atoms with van der Waals surface area (Å²) in [5.41, 5.74) is -4.28. The fourth-order valence-electron chi connectivity index (χ4n) is 1.43. The Morgan fingerprint density at radius 2 is 0.952 bits per heavy atom. The van der Waals surface area contributed by atoms with Crippen LogP contribution in [-0.4, -0.2) is 35.0 Å². The molecule has 1 rings (SSSR count). The normalized spacial score (nSPS) is 25.9. The van der Waals surface area contributed by atoms with Gasteiger partial charge in [0.1, 0.15) is 0 Å². The summed E-state index contributed by atoms with van der Waals surface area (Å²) in [7, 11) is 0. The molecule has 0 amide bonds. The van der Waals surface area contributed by atoms with Gasteiger partial charge >= 0.3 is 30.1 Å². The summed E-state index contributed by atoms with van der Waals surface area (Å²) in [6.45, 7) is 0. The van der Waals surface area contributed by atoms with E-state index >= 15 is 0 Å². The molecule has 0 aromatic carbocycles. The van der Waals surface area contributed by atoms with Gasteiger partial charge in [0, 0.05) is 0 Å². The molecule has 1 heterocycles. The molecule has 1 nitrogen and oxygen atoms in total. The SMILES string of the molecule is FC(F)=C(N1C(F)(F)C(F)(F)C(F)(F)C1(F)F)C(F)(F)F. The second kappa shape index (κ2) is 4.09. The molecule has 124 valence electrons. The number of hydrogen-bond donors (Lipinski definition) is 0. The summed E-state index contributed by atoms with van der Waals surface area (Å²) in [5.74, 6) is -14.1. The van der Waals surface area contributed by atoms with Crippen LogP contribution in [0, 0.1) is 0 Å². The molecular formula is C7F13N. The van der Waals surface area contributed by atoms with Crippen LogP contribution in [0.3, 0.4) is 0 Å². The monoisotopic (exact) mass is 345 g/mol. The van der Waals surface area contributed by atoms with E-state index in [4.69, 9.17) is 0 Å². The van der Waals surface area contributed by atoms with E-state index in [1.807, 2.05) is 0 Å². The molecular weight excluding hydrogens is 345 g/mol. The van der Waals surface area contributed by atoms with Gasteiger partial charge in [0.25, 0.3) is 6.08 Å². The predicted octanol–water partition coefficient (Wildman–Crippen LogP) is 4.43. The maximum Gasteiger partial charge on any atom is 0.436 e. The average molecular weight is 345 g/mol. The number of nitrogens with zero attached hydrogens (tertiary/aromatic N) is 1. The number of allylic oxidation sites excluding steroid dienone is 1. The summed E-state index contributed by atoms with van der Waals surface area (Å²) < 4.78 is 162. The van der Waals surface area contributed by atoms with Crippen LogP contribution in [0.2, 0.25) is 0 Å². The third-order valence-electron chi connectivity index (χ3n) is 2.38. The summed E-state index contributed by atoms with van der Waals surface area (Å²) in [6.07, 6.45) is -11.0. The van der Waals surface area contributed by atoms with E-state index in [1.54, 1.807) is 0 Å². The van der Waals surface area contributed by atoms with E-state index in [2.05, 4.69) is 0 Å². The molecule has 0 aliphatic carbocycles. The van der Waals surface area contributed by atoms with E-state index in [0.29, 0.717) is 0 Å². The largest absolute Gasteiger partial charge is 0.436 e. The first-order valence-corrected chi connectivity index (χ1v) is 4.38. The van der Waals surface area contributed by atoms with Crippen molar-refractivity contribution in [2.75, 3.05) is 0 Å². The minimum Gasteiger partial charge on any atom is -0.232 e. The van der Waals surface area contributed by atoms with Crippen molar-refractivity contribution < 1.29 is 57.1 Å². The van der Waals surface area contributed by atoms with Crippen molar-refractivity contribution in [3.63, 3.8) is 0 Å². The van der Waals surface area contributed by atoms with E-state index in [1.165, 1.54) is 0 Å². The van der Waals surface area contributed by atoms with Crippen LogP contribution in [0.15, 0.2) is 11.8 Å². The van der Waals surface area contributed by atoms with E-state index in [0.717, 1.165) is 0 Å². The number of halogens is 13. The Morgan fingerprint density at radius 3 is 1.14 bits per heavy atom. The summed E-state index contributed by atoms with van der Waals surface area (Å²) >= 11 is 0.